The van der Waals surface area contributed by atoms with E-state index >= 15 is 0 Å². The molecule has 4 aliphatic carbocycles. The summed E-state index contributed by atoms with van der Waals surface area (Å²) in [5.74, 6) is -1.03. The minimum atomic E-state index is -1.74. The number of hydrogen-bond acceptors (Lipinski definition) is 8. The standard InChI is InChI=1S/C33H47N3O6/c1-18-15-32-19(2)13-22-24(30(22,3)4)21(26(32)37)14-20-17-40-31(5,6)42-28(20)33(32,39)27(18)41-29(38)25-23(16-34-35(25)7)36-11-9-8-10-12-36/h14-16,19,21-22,24,26-28,37,39H,8-13,17H2,1-7H3/t19-,21+,22-,24+,26?,27+,28-,32+,33-/m1/s1. The normalized spacial score (nSPS) is 43.2. The molecule has 1 aromatic rings. The smallest absolute Gasteiger partial charge is 0.359 e. The molecule has 0 aromatic carbocycles. The molecule has 2 N–H and O–H groups in total. The predicted molar refractivity (Wildman–Crippen MR) is 157 cm³/mol. The van der Waals surface area contributed by atoms with Gasteiger partial charge in [-0.15, -0.1) is 0 Å². The van der Waals surface area contributed by atoms with Crippen LogP contribution in [0.2, 0.25) is 0 Å². The quantitative estimate of drug-likeness (QED) is 0.408. The number of aliphatic hydroxyl groups is 2. The minimum absolute atomic E-state index is 0.0849. The Bertz CT molecular complexity index is 1360. The van der Waals surface area contributed by atoms with E-state index in [1.54, 1.807) is 17.9 Å². The van der Waals surface area contributed by atoms with Gasteiger partial charge in [0.2, 0.25) is 0 Å². The number of esters is 1. The SMILES string of the molecule is CC1=C[C@]23C(O)[C@@H](C=C4COC(C)(C)O[C@H]4[C@]2(O)[C@H]1OC(=O)c1c(N2CCCCC2)cnn1C)[C@H]1[C@@H](C[C@H]3C)C1(C)C. The molecule has 2 bridgehead atoms. The Hall–Kier alpha value is -2.20. The summed E-state index contributed by atoms with van der Waals surface area (Å²) >= 11 is 0. The molecule has 2 saturated heterocycles. The lowest BCUT2D eigenvalue weighted by Crippen LogP contribution is -2.69. The fourth-order valence-corrected chi connectivity index (χ4v) is 9.80. The lowest BCUT2D eigenvalue weighted by atomic mass is 9.58. The van der Waals surface area contributed by atoms with Gasteiger partial charge in [0.05, 0.1) is 30.0 Å². The summed E-state index contributed by atoms with van der Waals surface area (Å²) in [6.45, 7) is 14.3. The largest absolute Gasteiger partial charge is 0.450 e. The maximum atomic E-state index is 14.1. The van der Waals surface area contributed by atoms with Crippen LogP contribution in [0.4, 0.5) is 5.69 Å². The van der Waals surface area contributed by atoms with Crippen LogP contribution in [0.3, 0.4) is 0 Å². The Morgan fingerprint density at radius 1 is 1.17 bits per heavy atom. The molecule has 2 saturated carbocycles. The molecule has 9 atom stereocenters. The second-order valence-electron chi connectivity index (χ2n) is 15.0. The van der Waals surface area contributed by atoms with Crippen molar-refractivity contribution < 1.29 is 29.2 Å². The van der Waals surface area contributed by atoms with E-state index in [1.807, 2.05) is 26.8 Å². The number of fused-ring (bicyclic) bond motifs is 5. The molecule has 1 spiro atoms. The molecule has 1 unspecified atom stereocenters. The van der Waals surface area contributed by atoms with Gasteiger partial charge in [0.15, 0.2) is 17.6 Å². The zero-order valence-electron chi connectivity index (χ0n) is 26.1. The summed E-state index contributed by atoms with van der Waals surface area (Å²) in [5, 5.41) is 30.2. The van der Waals surface area contributed by atoms with Crippen LogP contribution in [0.5, 0.6) is 0 Å². The number of carbonyl (C=O) groups excluding carboxylic acids is 1. The predicted octanol–water partition coefficient (Wildman–Crippen LogP) is 3.99. The highest BCUT2D eigenvalue weighted by Gasteiger charge is 2.77. The average molecular weight is 582 g/mol. The highest BCUT2D eigenvalue weighted by Crippen LogP contribution is 2.73. The third-order valence-electron chi connectivity index (χ3n) is 12.0. The Kier molecular flexibility index (Phi) is 6.23. The van der Waals surface area contributed by atoms with Gasteiger partial charge < -0.3 is 29.3 Å². The number of piperidine rings is 1. The van der Waals surface area contributed by atoms with Gasteiger partial charge in [0.25, 0.3) is 0 Å². The van der Waals surface area contributed by atoms with E-state index in [0.29, 0.717) is 11.6 Å². The van der Waals surface area contributed by atoms with Crippen molar-refractivity contribution >= 4 is 11.7 Å². The van der Waals surface area contributed by atoms with Gasteiger partial charge in [-0.3, -0.25) is 4.68 Å². The first-order valence-electron chi connectivity index (χ1n) is 15.8. The first-order chi connectivity index (χ1) is 19.7. The third-order valence-corrected chi connectivity index (χ3v) is 12.0. The number of anilines is 1. The van der Waals surface area contributed by atoms with Gasteiger partial charge in [-0.05, 0) is 80.8 Å². The van der Waals surface area contributed by atoms with Gasteiger partial charge in [0, 0.05) is 26.1 Å². The van der Waals surface area contributed by atoms with E-state index in [1.165, 1.54) is 6.42 Å². The summed E-state index contributed by atoms with van der Waals surface area (Å²) in [6.07, 6.45) is 7.36. The summed E-state index contributed by atoms with van der Waals surface area (Å²) in [6, 6.07) is 0. The Labute approximate surface area is 248 Å². The number of aliphatic hydroxyl groups excluding tert-OH is 1. The molecule has 9 heteroatoms. The lowest BCUT2D eigenvalue weighted by Gasteiger charge is -2.55. The first-order valence-corrected chi connectivity index (χ1v) is 15.8. The van der Waals surface area contributed by atoms with Crippen molar-refractivity contribution in [3.05, 3.63) is 35.2 Å². The van der Waals surface area contributed by atoms with E-state index < -0.39 is 41.1 Å². The molecule has 42 heavy (non-hydrogen) atoms. The molecule has 4 fully saturated rings. The van der Waals surface area contributed by atoms with Crippen molar-refractivity contribution in [2.45, 2.75) is 96.9 Å². The second-order valence-corrected chi connectivity index (χ2v) is 15.0. The maximum absolute atomic E-state index is 14.1. The van der Waals surface area contributed by atoms with Gasteiger partial charge in [-0.25, -0.2) is 4.79 Å². The van der Waals surface area contributed by atoms with Crippen LogP contribution in [-0.4, -0.2) is 75.4 Å². The van der Waals surface area contributed by atoms with Crippen molar-refractivity contribution in [2.75, 3.05) is 24.6 Å². The monoisotopic (exact) mass is 581 g/mol. The van der Waals surface area contributed by atoms with E-state index in [9.17, 15) is 15.0 Å². The van der Waals surface area contributed by atoms with Crippen LogP contribution in [0, 0.1) is 34.5 Å². The number of aromatic nitrogens is 2. The van der Waals surface area contributed by atoms with Gasteiger partial charge >= 0.3 is 5.97 Å². The van der Waals surface area contributed by atoms with Crippen LogP contribution in [0.1, 0.15) is 77.7 Å². The molecule has 6 aliphatic rings. The van der Waals surface area contributed by atoms with E-state index in [2.05, 4.69) is 36.8 Å². The second kappa shape index (κ2) is 9.16. The molecular weight excluding hydrogens is 534 g/mol. The fraction of sp³-hybridized carbons (Fsp3) is 0.758. The summed E-state index contributed by atoms with van der Waals surface area (Å²) in [7, 11) is 1.75. The fourth-order valence-electron chi connectivity index (χ4n) is 9.80. The van der Waals surface area contributed by atoms with Gasteiger partial charge in [0.1, 0.15) is 11.7 Å². The molecule has 0 amide bonds. The van der Waals surface area contributed by atoms with Crippen LogP contribution < -0.4 is 4.90 Å². The van der Waals surface area contributed by atoms with Crippen molar-refractivity contribution in [2.24, 2.45) is 41.5 Å². The van der Waals surface area contributed by atoms with Crippen molar-refractivity contribution in [1.29, 1.82) is 0 Å². The Balaban J connectivity index is 1.33. The first kappa shape index (κ1) is 28.6. The number of rotatable bonds is 3. The van der Waals surface area contributed by atoms with Gasteiger partial charge in [-0.1, -0.05) is 32.9 Å². The average Bonchev–Trinajstić information content (AvgIpc) is 3.20. The van der Waals surface area contributed by atoms with Crippen LogP contribution in [-0.2, 0) is 21.3 Å². The zero-order valence-corrected chi connectivity index (χ0v) is 26.1. The summed E-state index contributed by atoms with van der Waals surface area (Å²) in [5.41, 5.74) is -0.0222. The molecule has 1 aromatic heterocycles. The number of carbonyl (C=O) groups is 1. The van der Waals surface area contributed by atoms with Crippen LogP contribution in [0.15, 0.2) is 29.5 Å². The van der Waals surface area contributed by atoms with Gasteiger partial charge in [-0.2, -0.15) is 5.10 Å². The third kappa shape index (κ3) is 3.69. The molecular formula is C33H47N3O6. The van der Waals surface area contributed by atoms with E-state index in [0.717, 1.165) is 49.2 Å². The number of aryl methyl sites for hydroxylation is 1. The minimum Gasteiger partial charge on any atom is -0.450 e. The summed E-state index contributed by atoms with van der Waals surface area (Å²) < 4.78 is 20.7. The number of hydrogen-bond donors (Lipinski definition) is 2. The molecule has 3 heterocycles. The van der Waals surface area contributed by atoms with Crippen molar-refractivity contribution in [3.63, 3.8) is 0 Å². The highest BCUT2D eigenvalue weighted by atomic mass is 16.7. The van der Waals surface area contributed by atoms with Crippen molar-refractivity contribution in [3.8, 4) is 0 Å². The number of ether oxygens (including phenoxy) is 3. The lowest BCUT2D eigenvalue weighted by molar-refractivity contribution is -0.312. The number of nitrogens with zero attached hydrogens (tertiary/aromatic N) is 3. The Morgan fingerprint density at radius 3 is 2.60 bits per heavy atom. The maximum Gasteiger partial charge on any atom is 0.359 e. The van der Waals surface area contributed by atoms with E-state index in [4.69, 9.17) is 14.2 Å². The van der Waals surface area contributed by atoms with Crippen molar-refractivity contribution in [1.82, 2.24) is 9.78 Å². The van der Waals surface area contributed by atoms with Crippen LogP contribution >= 0.6 is 0 Å². The zero-order chi connectivity index (χ0) is 30.0. The molecule has 0 radical (unpaired) electrons. The van der Waals surface area contributed by atoms with Crippen LogP contribution in [0.25, 0.3) is 0 Å². The summed E-state index contributed by atoms with van der Waals surface area (Å²) in [4.78, 5) is 16.3. The molecule has 9 nitrogen and oxygen atoms in total. The van der Waals surface area contributed by atoms with E-state index in [-0.39, 0.29) is 29.8 Å². The topological polar surface area (TPSA) is 106 Å². The Morgan fingerprint density at radius 2 is 1.88 bits per heavy atom. The molecule has 2 aliphatic heterocycles. The molecule has 230 valence electrons. The highest BCUT2D eigenvalue weighted by molar-refractivity contribution is 5.94. The molecule has 7 rings (SSSR count).